The summed E-state index contributed by atoms with van der Waals surface area (Å²) in [5.41, 5.74) is 5.73. The molecule has 0 aromatic carbocycles. The molecule has 0 heterocycles. The second-order valence-corrected chi connectivity index (χ2v) is 5.52. The Hall–Kier alpha value is -0.0400. The minimum atomic E-state index is 0.765. The average Bonchev–Trinajstić information content (AvgIpc) is 2.71. The van der Waals surface area contributed by atoms with Crippen LogP contribution in [0.1, 0.15) is 135 Å². The molecule has 1 heteroatoms. The van der Waals surface area contributed by atoms with Crippen molar-refractivity contribution in [3.05, 3.63) is 0 Å². The first kappa shape index (κ1) is 39.9. The lowest BCUT2D eigenvalue weighted by atomic mass is 9.84. The third-order valence-electron chi connectivity index (χ3n) is 3.76. The Balaban J connectivity index is -0.0000000580. The predicted octanol–water partition coefficient (Wildman–Crippen LogP) is 9.34. The number of rotatable bonds is 8. The largest absolute Gasteiger partial charge is 0.330 e. The van der Waals surface area contributed by atoms with Gasteiger partial charge in [0.25, 0.3) is 0 Å². The normalized spacial score (nSPS) is 10.6. The van der Waals surface area contributed by atoms with Gasteiger partial charge in [-0.2, -0.15) is 0 Å². The van der Waals surface area contributed by atoms with Gasteiger partial charge in [0.15, 0.2) is 0 Å². The van der Waals surface area contributed by atoms with Gasteiger partial charge < -0.3 is 5.73 Å². The van der Waals surface area contributed by atoms with Crippen LogP contribution in [0.25, 0.3) is 0 Å². The molecular weight excluding hydrogens is 302 g/mol. The monoisotopic (exact) mass is 363 g/mol. The van der Waals surface area contributed by atoms with Crippen molar-refractivity contribution >= 4 is 0 Å². The van der Waals surface area contributed by atoms with Crippen molar-refractivity contribution in [2.24, 2.45) is 23.5 Å². The molecule has 0 aliphatic heterocycles. The first-order chi connectivity index (χ1) is 12.1. The topological polar surface area (TPSA) is 26.0 Å². The van der Waals surface area contributed by atoms with Gasteiger partial charge in [0, 0.05) is 0 Å². The van der Waals surface area contributed by atoms with Crippen LogP contribution in [0, 0.1) is 17.8 Å². The summed E-state index contributed by atoms with van der Waals surface area (Å²) < 4.78 is 0. The van der Waals surface area contributed by atoms with Gasteiger partial charge >= 0.3 is 0 Å². The summed E-state index contributed by atoms with van der Waals surface area (Å²) in [7, 11) is 0. The van der Waals surface area contributed by atoms with Gasteiger partial charge in [0.1, 0.15) is 0 Å². The van der Waals surface area contributed by atoms with Crippen LogP contribution >= 0.6 is 0 Å². The predicted molar refractivity (Wildman–Crippen MR) is 127 cm³/mol. The van der Waals surface area contributed by atoms with Gasteiger partial charge in [-0.1, -0.05) is 135 Å². The van der Waals surface area contributed by atoms with Gasteiger partial charge in [-0.3, -0.25) is 0 Å². The third-order valence-corrected chi connectivity index (χ3v) is 3.76. The van der Waals surface area contributed by atoms with E-state index in [2.05, 4.69) is 41.5 Å². The van der Waals surface area contributed by atoms with Crippen molar-refractivity contribution in [2.45, 2.75) is 135 Å². The van der Waals surface area contributed by atoms with Crippen molar-refractivity contribution in [3.8, 4) is 0 Å². The second kappa shape index (κ2) is 49.6. The lowest BCUT2D eigenvalue weighted by molar-refractivity contribution is 0.295. The maximum Gasteiger partial charge on any atom is -0.00463 e. The maximum atomic E-state index is 5.73. The first-order valence-electron chi connectivity index (χ1n) is 11.8. The van der Waals surface area contributed by atoms with E-state index in [0.29, 0.717) is 0 Å². The van der Waals surface area contributed by atoms with Gasteiger partial charge in [0.2, 0.25) is 0 Å². The van der Waals surface area contributed by atoms with Crippen LogP contribution < -0.4 is 5.73 Å². The Morgan fingerprint density at radius 3 is 1.08 bits per heavy atom. The van der Waals surface area contributed by atoms with Crippen molar-refractivity contribution in [3.63, 3.8) is 0 Å². The zero-order chi connectivity index (χ0) is 21.7. The molecule has 1 nitrogen and oxygen atoms in total. The highest BCUT2D eigenvalue weighted by atomic mass is 14.6. The molecule has 0 radical (unpaired) electrons. The Morgan fingerprint density at radius 2 is 0.920 bits per heavy atom. The van der Waals surface area contributed by atoms with Gasteiger partial charge in [0.05, 0.1) is 0 Å². The van der Waals surface area contributed by atoms with Crippen molar-refractivity contribution in [1.82, 2.24) is 0 Å². The summed E-state index contributed by atoms with van der Waals surface area (Å²) in [5, 5.41) is 0. The highest BCUT2D eigenvalue weighted by Crippen LogP contribution is 2.23. The highest BCUT2D eigenvalue weighted by molar-refractivity contribution is 4.68. The number of hydrogen-bond donors (Lipinski definition) is 1. The highest BCUT2D eigenvalue weighted by Gasteiger charge is 2.15. The molecule has 0 bridgehead atoms. The standard InChI is InChI=1S/C11H25N.C5H12.4C2H6/c1-4-7-8-10(5-2)11(6-3)9-12;1-4-5(2)3;4*1-2/h10-11H,4-9,12H2,1-3H3;5H,4H2,1-3H3;4*1-2H3. The molecule has 0 rings (SSSR count). The Kier molecular flexibility index (Phi) is 79.1. The first-order valence-corrected chi connectivity index (χ1v) is 11.8. The number of unbranched alkanes of at least 4 members (excludes halogenated alkanes) is 1. The van der Waals surface area contributed by atoms with Crippen LogP contribution in [-0.4, -0.2) is 6.54 Å². The smallest absolute Gasteiger partial charge is 0.00463 e. The number of hydrogen-bond acceptors (Lipinski definition) is 1. The molecule has 0 saturated carbocycles. The van der Waals surface area contributed by atoms with Crippen LogP contribution in [0.3, 0.4) is 0 Å². The second-order valence-electron chi connectivity index (χ2n) is 5.52. The Labute approximate surface area is 166 Å². The third kappa shape index (κ3) is 45.4. The Morgan fingerprint density at radius 1 is 0.600 bits per heavy atom. The summed E-state index contributed by atoms with van der Waals surface area (Å²) >= 11 is 0. The summed E-state index contributed by atoms with van der Waals surface area (Å²) in [6, 6.07) is 0. The Bertz CT molecular complexity index is 128. The lowest BCUT2D eigenvalue weighted by Crippen LogP contribution is -2.22. The maximum absolute atomic E-state index is 5.73. The van der Waals surface area contributed by atoms with E-state index in [0.717, 1.165) is 24.3 Å². The van der Waals surface area contributed by atoms with Crippen molar-refractivity contribution in [1.29, 1.82) is 0 Å². The SMILES string of the molecule is CC.CC.CC.CC.CCC(C)C.CCCCC(CC)C(CC)CN. The van der Waals surface area contributed by atoms with E-state index in [1.165, 1.54) is 38.5 Å². The molecule has 0 aromatic rings. The van der Waals surface area contributed by atoms with Crippen LogP contribution in [-0.2, 0) is 0 Å². The minimum absolute atomic E-state index is 0.765. The lowest BCUT2D eigenvalue weighted by Gasteiger charge is -2.23. The molecule has 0 aliphatic rings. The fourth-order valence-electron chi connectivity index (χ4n) is 1.93. The molecule has 0 spiro atoms. The van der Waals surface area contributed by atoms with Crippen LogP contribution in [0.15, 0.2) is 0 Å². The molecule has 0 saturated heterocycles. The quantitative estimate of drug-likeness (QED) is 0.456. The number of nitrogens with two attached hydrogens (primary N) is 1. The average molecular weight is 364 g/mol. The molecular formula is C24H61N. The van der Waals surface area contributed by atoms with E-state index >= 15 is 0 Å². The summed E-state index contributed by atoms with van der Waals surface area (Å²) in [4.78, 5) is 0. The van der Waals surface area contributed by atoms with E-state index in [4.69, 9.17) is 5.73 Å². The van der Waals surface area contributed by atoms with Crippen LogP contribution in [0.2, 0.25) is 0 Å². The van der Waals surface area contributed by atoms with E-state index in [1.807, 2.05) is 55.4 Å². The molecule has 2 N–H and O–H groups in total. The van der Waals surface area contributed by atoms with E-state index in [-0.39, 0.29) is 0 Å². The molecule has 0 fully saturated rings. The summed E-state index contributed by atoms with van der Waals surface area (Å²) in [6.07, 6.45) is 7.92. The molecule has 0 aromatic heterocycles. The summed E-state index contributed by atoms with van der Waals surface area (Å²) in [6.45, 7) is 30.3. The van der Waals surface area contributed by atoms with Gasteiger partial charge in [-0.15, -0.1) is 0 Å². The van der Waals surface area contributed by atoms with Crippen LogP contribution in [0.5, 0.6) is 0 Å². The van der Waals surface area contributed by atoms with E-state index < -0.39 is 0 Å². The molecule has 0 aliphatic carbocycles. The fraction of sp³-hybridized carbons (Fsp3) is 1.00. The minimum Gasteiger partial charge on any atom is -0.330 e. The van der Waals surface area contributed by atoms with E-state index in [1.54, 1.807) is 0 Å². The summed E-state index contributed by atoms with van der Waals surface area (Å²) in [5.74, 6) is 2.52. The van der Waals surface area contributed by atoms with Crippen LogP contribution in [0.4, 0.5) is 0 Å². The zero-order valence-corrected chi connectivity index (χ0v) is 21.3. The fourth-order valence-corrected chi connectivity index (χ4v) is 1.93. The molecule has 2 unspecified atom stereocenters. The van der Waals surface area contributed by atoms with Gasteiger partial charge in [-0.05, 0) is 24.3 Å². The molecule has 0 amide bonds. The van der Waals surface area contributed by atoms with Gasteiger partial charge in [-0.25, -0.2) is 0 Å². The molecule has 25 heavy (non-hydrogen) atoms. The van der Waals surface area contributed by atoms with Crippen molar-refractivity contribution < 1.29 is 0 Å². The van der Waals surface area contributed by atoms with Crippen molar-refractivity contribution in [2.75, 3.05) is 6.54 Å². The molecule has 162 valence electrons. The zero-order valence-electron chi connectivity index (χ0n) is 21.3. The molecule has 2 atom stereocenters. The van der Waals surface area contributed by atoms with E-state index in [9.17, 15) is 0 Å².